The highest BCUT2D eigenvalue weighted by atomic mass is 16.5. The molecule has 1 aliphatic carbocycles. The largest absolute Gasteiger partial charge is 0.393 e. The molecule has 4 nitrogen and oxygen atoms in total. The fourth-order valence-corrected chi connectivity index (χ4v) is 4.32. The van der Waals surface area contributed by atoms with E-state index in [1.807, 2.05) is 6.92 Å². The first kappa shape index (κ1) is 14.3. The third-order valence-corrected chi connectivity index (χ3v) is 5.41. The first-order chi connectivity index (χ1) is 9.66. The minimum Gasteiger partial charge on any atom is -0.393 e. The fourth-order valence-electron chi connectivity index (χ4n) is 4.32. The number of amides is 1. The Morgan fingerprint density at radius 3 is 2.70 bits per heavy atom. The Morgan fingerprint density at radius 1 is 1.20 bits per heavy atom. The lowest BCUT2D eigenvalue weighted by Gasteiger charge is -2.38. The average molecular weight is 281 g/mol. The number of nitrogens with zero attached hydrogens (tertiary/aromatic N) is 1. The van der Waals surface area contributed by atoms with Crippen LogP contribution in [0.15, 0.2) is 0 Å². The van der Waals surface area contributed by atoms with Crippen LogP contribution in [0.25, 0.3) is 0 Å². The van der Waals surface area contributed by atoms with Gasteiger partial charge in [-0.15, -0.1) is 0 Å². The van der Waals surface area contributed by atoms with E-state index >= 15 is 0 Å². The topological polar surface area (TPSA) is 49.8 Å². The van der Waals surface area contributed by atoms with Crippen LogP contribution in [0.2, 0.25) is 0 Å². The molecule has 3 rings (SSSR count). The van der Waals surface area contributed by atoms with Gasteiger partial charge >= 0.3 is 0 Å². The third-order valence-electron chi connectivity index (χ3n) is 5.41. The lowest BCUT2D eigenvalue weighted by Crippen LogP contribution is -2.47. The molecule has 3 aliphatic rings. The Labute approximate surface area is 121 Å². The van der Waals surface area contributed by atoms with E-state index < -0.39 is 0 Å². The van der Waals surface area contributed by atoms with Crippen LogP contribution in [0.4, 0.5) is 0 Å². The minimum atomic E-state index is -0.207. The zero-order valence-corrected chi connectivity index (χ0v) is 12.5. The van der Waals surface area contributed by atoms with Crippen LogP contribution >= 0.6 is 0 Å². The summed E-state index contributed by atoms with van der Waals surface area (Å²) in [6.07, 6.45) is 7.33. The van der Waals surface area contributed by atoms with E-state index in [0.29, 0.717) is 12.5 Å². The molecule has 0 aromatic heterocycles. The van der Waals surface area contributed by atoms with Crippen molar-refractivity contribution in [2.75, 3.05) is 13.2 Å². The minimum absolute atomic E-state index is 0.0475. The molecule has 2 aliphatic heterocycles. The van der Waals surface area contributed by atoms with Gasteiger partial charge in [0.15, 0.2) is 0 Å². The standard InChI is InChI=1S/C16H27NO3/c1-11-9-12(10-20-11)16(19)17-8-4-6-14(17)13-5-2-3-7-15(13)18/h11-15,18H,2-10H2,1H3. The van der Waals surface area contributed by atoms with Crippen LogP contribution in [0.1, 0.15) is 51.9 Å². The number of rotatable bonds is 2. The van der Waals surface area contributed by atoms with Gasteiger partial charge in [0.2, 0.25) is 5.91 Å². The van der Waals surface area contributed by atoms with Gasteiger partial charge in [0.25, 0.3) is 0 Å². The summed E-state index contributed by atoms with van der Waals surface area (Å²) < 4.78 is 5.55. The summed E-state index contributed by atoms with van der Waals surface area (Å²) in [5.74, 6) is 0.621. The molecule has 0 radical (unpaired) electrons. The Bertz CT molecular complexity index is 360. The Hall–Kier alpha value is -0.610. The normalized spacial score (nSPS) is 42.1. The molecular formula is C16H27NO3. The van der Waals surface area contributed by atoms with E-state index in [1.54, 1.807) is 0 Å². The summed E-state index contributed by atoms with van der Waals surface area (Å²) in [4.78, 5) is 14.8. The van der Waals surface area contributed by atoms with Crippen LogP contribution in [-0.4, -0.2) is 47.3 Å². The second-order valence-electron chi connectivity index (χ2n) is 6.83. The molecule has 0 spiro atoms. The second-order valence-corrected chi connectivity index (χ2v) is 6.83. The number of likely N-dealkylation sites (tertiary alicyclic amines) is 1. The van der Waals surface area contributed by atoms with Crippen molar-refractivity contribution in [3.63, 3.8) is 0 Å². The van der Waals surface area contributed by atoms with E-state index in [1.165, 1.54) is 6.42 Å². The number of carbonyl (C=O) groups excluding carboxylic acids is 1. The van der Waals surface area contributed by atoms with E-state index in [0.717, 1.165) is 45.1 Å². The highest BCUT2D eigenvalue weighted by molar-refractivity contribution is 5.80. The van der Waals surface area contributed by atoms with Gasteiger partial charge in [-0.05, 0) is 39.0 Å². The molecule has 4 heteroatoms. The van der Waals surface area contributed by atoms with Crippen molar-refractivity contribution in [2.45, 2.75) is 70.1 Å². The summed E-state index contributed by atoms with van der Waals surface area (Å²) in [5, 5.41) is 10.3. The van der Waals surface area contributed by atoms with Gasteiger partial charge in [-0.3, -0.25) is 4.79 Å². The molecular weight excluding hydrogens is 254 g/mol. The molecule has 1 saturated carbocycles. The predicted molar refractivity (Wildman–Crippen MR) is 76.2 cm³/mol. The number of ether oxygens (including phenoxy) is 1. The molecule has 0 bridgehead atoms. The van der Waals surface area contributed by atoms with Gasteiger partial charge in [-0.25, -0.2) is 0 Å². The van der Waals surface area contributed by atoms with Crippen LogP contribution in [0, 0.1) is 11.8 Å². The molecule has 20 heavy (non-hydrogen) atoms. The van der Waals surface area contributed by atoms with Gasteiger partial charge < -0.3 is 14.7 Å². The van der Waals surface area contributed by atoms with Crippen LogP contribution in [0.3, 0.4) is 0 Å². The van der Waals surface area contributed by atoms with Gasteiger partial charge in [0.05, 0.1) is 24.7 Å². The second kappa shape index (κ2) is 6.02. The first-order valence-electron chi connectivity index (χ1n) is 8.27. The molecule has 2 heterocycles. The molecule has 0 aromatic rings. The van der Waals surface area contributed by atoms with Crippen molar-refractivity contribution in [2.24, 2.45) is 11.8 Å². The maximum Gasteiger partial charge on any atom is 0.228 e. The van der Waals surface area contributed by atoms with Crippen molar-refractivity contribution < 1.29 is 14.6 Å². The highest BCUT2D eigenvalue weighted by Crippen LogP contribution is 2.36. The summed E-state index contributed by atoms with van der Waals surface area (Å²) in [5.41, 5.74) is 0. The Balaban J connectivity index is 1.67. The monoisotopic (exact) mass is 281 g/mol. The van der Waals surface area contributed by atoms with Crippen molar-refractivity contribution in [3.05, 3.63) is 0 Å². The zero-order valence-electron chi connectivity index (χ0n) is 12.5. The van der Waals surface area contributed by atoms with Crippen molar-refractivity contribution in [3.8, 4) is 0 Å². The average Bonchev–Trinajstić information content (AvgIpc) is 3.07. The van der Waals surface area contributed by atoms with Gasteiger partial charge in [0, 0.05) is 18.5 Å². The smallest absolute Gasteiger partial charge is 0.228 e. The number of hydrogen-bond donors (Lipinski definition) is 1. The lowest BCUT2D eigenvalue weighted by atomic mass is 9.80. The van der Waals surface area contributed by atoms with Crippen LogP contribution < -0.4 is 0 Å². The Kier molecular flexibility index (Phi) is 4.32. The van der Waals surface area contributed by atoms with Gasteiger partial charge in [-0.1, -0.05) is 12.8 Å². The van der Waals surface area contributed by atoms with Crippen molar-refractivity contribution >= 4 is 5.91 Å². The van der Waals surface area contributed by atoms with Crippen molar-refractivity contribution in [1.29, 1.82) is 0 Å². The van der Waals surface area contributed by atoms with E-state index in [9.17, 15) is 9.90 Å². The fraction of sp³-hybridized carbons (Fsp3) is 0.938. The number of aliphatic hydroxyl groups excluding tert-OH is 1. The van der Waals surface area contributed by atoms with E-state index in [-0.39, 0.29) is 30.1 Å². The molecule has 0 aromatic carbocycles. The van der Waals surface area contributed by atoms with Crippen LogP contribution in [0.5, 0.6) is 0 Å². The molecule has 2 saturated heterocycles. The summed E-state index contributed by atoms with van der Waals surface area (Å²) in [7, 11) is 0. The van der Waals surface area contributed by atoms with Gasteiger partial charge in [0.1, 0.15) is 0 Å². The summed E-state index contributed by atoms with van der Waals surface area (Å²) >= 11 is 0. The number of carbonyl (C=O) groups is 1. The SMILES string of the molecule is CC1CC(C(=O)N2CCCC2C2CCCCC2O)CO1. The van der Waals surface area contributed by atoms with E-state index in [2.05, 4.69) is 4.90 Å². The number of aliphatic hydroxyl groups is 1. The summed E-state index contributed by atoms with van der Waals surface area (Å²) in [6, 6.07) is 0.272. The maximum atomic E-state index is 12.7. The van der Waals surface area contributed by atoms with E-state index in [4.69, 9.17) is 4.74 Å². The highest BCUT2D eigenvalue weighted by Gasteiger charge is 2.41. The zero-order chi connectivity index (χ0) is 14.1. The molecule has 5 unspecified atom stereocenters. The molecule has 1 N–H and O–H groups in total. The lowest BCUT2D eigenvalue weighted by molar-refractivity contribution is -0.138. The van der Waals surface area contributed by atoms with Crippen molar-refractivity contribution in [1.82, 2.24) is 4.90 Å². The third kappa shape index (κ3) is 2.73. The van der Waals surface area contributed by atoms with Gasteiger partial charge in [-0.2, -0.15) is 0 Å². The quantitative estimate of drug-likeness (QED) is 0.841. The predicted octanol–water partition coefficient (Wildman–Crippen LogP) is 1.95. The Morgan fingerprint density at radius 2 is 2.00 bits per heavy atom. The number of hydrogen-bond acceptors (Lipinski definition) is 3. The molecule has 5 atom stereocenters. The van der Waals surface area contributed by atoms with Crippen LogP contribution in [-0.2, 0) is 9.53 Å². The summed E-state index contributed by atoms with van der Waals surface area (Å²) in [6.45, 7) is 3.49. The molecule has 3 fully saturated rings. The molecule has 114 valence electrons. The maximum absolute atomic E-state index is 12.7. The first-order valence-corrected chi connectivity index (χ1v) is 8.27. The molecule has 1 amide bonds.